The Balaban J connectivity index is 2.03. The zero-order chi connectivity index (χ0) is 13.4. The lowest BCUT2D eigenvalue weighted by Gasteiger charge is -2.08. The van der Waals surface area contributed by atoms with Crippen LogP contribution in [0.1, 0.15) is 5.56 Å². The first-order valence-corrected chi connectivity index (χ1v) is 6.48. The molecule has 0 aliphatic carbocycles. The van der Waals surface area contributed by atoms with Crippen molar-refractivity contribution in [1.82, 2.24) is 10.3 Å². The second-order valence-electron chi connectivity index (χ2n) is 4.25. The third kappa shape index (κ3) is 2.15. The minimum atomic E-state index is 0.550. The fourth-order valence-corrected chi connectivity index (χ4v) is 2.11. The highest BCUT2D eigenvalue weighted by Crippen LogP contribution is 2.29. The average Bonchev–Trinajstić information content (AvgIpc) is 2.87. The molecule has 0 aliphatic heterocycles. The molecule has 19 heavy (non-hydrogen) atoms. The van der Waals surface area contributed by atoms with Gasteiger partial charge in [0, 0.05) is 10.2 Å². The number of nitrogen functional groups attached to an aromatic ring is 1. The molecular weight excluding hydrogens is 308 g/mol. The first kappa shape index (κ1) is 12.0. The van der Waals surface area contributed by atoms with Crippen LogP contribution in [0, 0.1) is 6.92 Å². The van der Waals surface area contributed by atoms with Gasteiger partial charge in [-0.15, -0.1) is 0 Å². The molecule has 0 amide bonds. The fraction of sp³-hybridized carbons (Fsp3) is 0.0769. The van der Waals surface area contributed by atoms with Gasteiger partial charge in [0.05, 0.1) is 11.4 Å². The van der Waals surface area contributed by atoms with Crippen LogP contribution in [0.5, 0.6) is 0 Å². The molecular formula is C13H11BrN4O. The van der Waals surface area contributed by atoms with E-state index in [4.69, 9.17) is 10.4 Å². The van der Waals surface area contributed by atoms with Gasteiger partial charge in [-0.1, -0.05) is 15.9 Å². The second-order valence-corrected chi connectivity index (χ2v) is 5.11. The monoisotopic (exact) mass is 318 g/mol. The van der Waals surface area contributed by atoms with Crippen molar-refractivity contribution in [3.05, 3.63) is 40.4 Å². The lowest BCUT2D eigenvalue weighted by atomic mass is 10.2. The number of halogens is 1. The SMILES string of the molecule is Cc1cc(Nc2ccc(N)c3nonc23)ccc1Br. The fourth-order valence-electron chi connectivity index (χ4n) is 1.86. The van der Waals surface area contributed by atoms with E-state index in [1.165, 1.54) is 0 Å². The molecule has 3 N–H and O–H groups in total. The number of nitrogens with two attached hydrogens (primary N) is 1. The number of fused-ring (bicyclic) bond motifs is 1. The van der Waals surface area contributed by atoms with Crippen LogP contribution < -0.4 is 11.1 Å². The highest BCUT2D eigenvalue weighted by Gasteiger charge is 2.10. The molecule has 0 unspecified atom stereocenters. The summed E-state index contributed by atoms with van der Waals surface area (Å²) in [4.78, 5) is 0. The van der Waals surface area contributed by atoms with Gasteiger partial charge in [0.15, 0.2) is 11.0 Å². The van der Waals surface area contributed by atoms with Crippen LogP contribution in [-0.4, -0.2) is 10.3 Å². The van der Waals surface area contributed by atoms with Crippen LogP contribution >= 0.6 is 15.9 Å². The maximum Gasteiger partial charge on any atom is 0.160 e. The summed E-state index contributed by atoms with van der Waals surface area (Å²) in [5.41, 5.74) is 10.5. The molecule has 0 saturated heterocycles. The molecule has 1 aromatic heterocycles. The quantitative estimate of drug-likeness (QED) is 0.706. The number of nitrogens with zero attached hydrogens (tertiary/aromatic N) is 2. The topological polar surface area (TPSA) is 77.0 Å². The summed E-state index contributed by atoms with van der Waals surface area (Å²) in [6, 6.07) is 9.65. The number of hydrogen-bond acceptors (Lipinski definition) is 5. The zero-order valence-corrected chi connectivity index (χ0v) is 11.7. The number of anilines is 3. The number of rotatable bonds is 2. The van der Waals surface area contributed by atoms with Crippen molar-refractivity contribution in [2.75, 3.05) is 11.1 Å². The van der Waals surface area contributed by atoms with Crippen LogP contribution in [0.3, 0.4) is 0 Å². The average molecular weight is 319 g/mol. The molecule has 2 aromatic carbocycles. The summed E-state index contributed by atoms with van der Waals surface area (Å²) in [7, 11) is 0. The van der Waals surface area contributed by atoms with Gasteiger partial charge in [0.2, 0.25) is 0 Å². The van der Waals surface area contributed by atoms with Crippen LogP contribution in [0.15, 0.2) is 39.4 Å². The maximum absolute atomic E-state index is 5.81. The van der Waals surface area contributed by atoms with Crippen LogP contribution in [0.25, 0.3) is 11.0 Å². The van der Waals surface area contributed by atoms with E-state index in [0.717, 1.165) is 21.4 Å². The zero-order valence-electron chi connectivity index (χ0n) is 10.1. The number of aryl methyl sites for hydroxylation is 1. The summed E-state index contributed by atoms with van der Waals surface area (Å²) < 4.78 is 5.81. The smallest absolute Gasteiger partial charge is 0.160 e. The van der Waals surface area contributed by atoms with Crippen molar-refractivity contribution in [2.24, 2.45) is 0 Å². The first-order valence-electron chi connectivity index (χ1n) is 5.69. The van der Waals surface area contributed by atoms with Gasteiger partial charge in [-0.3, -0.25) is 0 Å². The number of nitrogens with one attached hydrogen (secondary N) is 1. The van der Waals surface area contributed by atoms with Crippen molar-refractivity contribution in [2.45, 2.75) is 6.92 Å². The van der Waals surface area contributed by atoms with Gasteiger partial charge in [-0.2, -0.15) is 0 Å². The molecule has 0 bridgehead atoms. The predicted octanol–water partition coefficient (Wildman–Crippen LogP) is 3.62. The van der Waals surface area contributed by atoms with Gasteiger partial charge in [0.25, 0.3) is 0 Å². The minimum absolute atomic E-state index is 0.550. The van der Waals surface area contributed by atoms with Crippen molar-refractivity contribution in [3.63, 3.8) is 0 Å². The molecule has 3 rings (SSSR count). The van der Waals surface area contributed by atoms with Crippen molar-refractivity contribution >= 4 is 44.0 Å². The third-order valence-electron chi connectivity index (χ3n) is 2.88. The summed E-state index contributed by atoms with van der Waals surface area (Å²) in [5.74, 6) is 0. The van der Waals surface area contributed by atoms with E-state index in [2.05, 4.69) is 31.6 Å². The van der Waals surface area contributed by atoms with Crippen molar-refractivity contribution < 1.29 is 4.63 Å². The second kappa shape index (κ2) is 4.55. The summed E-state index contributed by atoms with van der Waals surface area (Å²) >= 11 is 3.48. The first-order chi connectivity index (χ1) is 9.15. The molecule has 0 aliphatic rings. The number of hydrogen-bond donors (Lipinski definition) is 2. The molecule has 0 atom stereocenters. The molecule has 6 heteroatoms. The largest absolute Gasteiger partial charge is 0.397 e. The molecule has 3 aromatic rings. The lowest BCUT2D eigenvalue weighted by Crippen LogP contribution is -1.94. The minimum Gasteiger partial charge on any atom is -0.397 e. The Morgan fingerprint density at radius 2 is 1.95 bits per heavy atom. The molecule has 0 saturated carbocycles. The highest BCUT2D eigenvalue weighted by molar-refractivity contribution is 9.10. The third-order valence-corrected chi connectivity index (χ3v) is 3.77. The highest BCUT2D eigenvalue weighted by atomic mass is 79.9. The van der Waals surface area contributed by atoms with E-state index >= 15 is 0 Å². The Morgan fingerprint density at radius 1 is 1.16 bits per heavy atom. The van der Waals surface area contributed by atoms with Gasteiger partial charge >= 0.3 is 0 Å². The Labute approximate surface area is 117 Å². The van der Waals surface area contributed by atoms with E-state index in [9.17, 15) is 0 Å². The van der Waals surface area contributed by atoms with Gasteiger partial charge in [-0.05, 0) is 53.1 Å². The summed E-state index contributed by atoms with van der Waals surface area (Å²) in [6.07, 6.45) is 0. The van der Waals surface area contributed by atoms with Crippen LogP contribution in [0.4, 0.5) is 17.1 Å². The molecule has 0 spiro atoms. The van der Waals surface area contributed by atoms with Gasteiger partial charge in [-0.25, -0.2) is 4.63 Å². The van der Waals surface area contributed by atoms with Crippen LogP contribution in [-0.2, 0) is 0 Å². The normalized spacial score (nSPS) is 10.8. The van der Waals surface area contributed by atoms with E-state index in [1.807, 2.05) is 31.2 Å². The van der Waals surface area contributed by atoms with Crippen LogP contribution in [0.2, 0.25) is 0 Å². The van der Waals surface area contributed by atoms with E-state index in [0.29, 0.717) is 16.7 Å². The Kier molecular flexibility index (Phi) is 2.87. The lowest BCUT2D eigenvalue weighted by molar-refractivity contribution is 0.316. The maximum atomic E-state index is 5.81. The molecule has 0 radical (unpaired) electrons. The Morgan fingerprint density at radius 3 is 2.74 bits per heavy atom. The summed E-state index contributed by atoms with van der Waals surface area (Å²) in [6.45, 7) is 2.03. The molecule has 5 nitrogen and oxygen atoms in total. The molecule has 96 valence electrons. The Bertz CT molecular complexity index is 753. The van der Waals surface area contributed by atoms with Crippen molar-refractivity contribution in [3.8, 4) is 0 Å². The van der Waals surface area contributed by atoms with Crippen molar-refractivity contribution in [1.29, 1.82) is 0 Å². The Hall–Kier alpha value is -2.08. The number of benzene rings is 2. The number of aromatic nitrogens is 2. The summed E-state index contributed by atoms with van der Waals surface area (Å²) in [5, 5.41) is 11.0. The predicted molar refractivity (Wildman–Crippen MR) is 78.4 cm³/mol. The standard InChI is InChI=1S/C13H11BrN4O/c1-7-6-8(2-3-9(7)14)16-11-5-4-10(15)12-13(11)18-19-17-12/h2-6,16H,15H2,1H3. The van der Waals surface area contributed by atoms with E-state index in [1.54, 1.807) is 6.07 Å². The van der Waals surface area contributed by atoms with E-state index < -0.39 is 0 Å². The van der Waals surface area contributed by atoms with E-state index in [-0.39, 0.29) is 0 Å². The van der Waals surface area contributed by atoms with Gasteiger partial charge in [0.1, 0.15) is 0 Å². The molecule has 0 fully saturated rings. The molecule has 1 heterocycles. The van der Waals surface area contributed by atoms with Gasteiger partial charge < -0.3 is 11.1 Å².